The topological polar surface area (TPSA) is 25.8 Å². The molecule has 1 aromatic heterocycles. The third kappa shape index (κ3) is 6.04. The van der Waals surface area contributed by atoms with Crippen LogP contribution in [0.25, 0.3) is 100.0 Å². The minimum atomic E-state index is -0.0488. The third-order valence-electron chi connectivity index (χ3n) is 12.3. The van der Waals surface area contributed by atoms with Crippen LogP contribution in [0.1, 0.15) is 25.0 Å². The molecule has 0 amide bonds. The molecule has 0 bridgehead atoms. The molecule has 0 atom stereocenters. The van der Waals surface area contributed by atoms with Crippen molar-refractivity contribution in [2.75, 3.05) is 0 Å². The average Bonchev–Trinajstić information content (AvgIpc) is 3.53. The van der Waals surface area contributed by atoms with Crippen molar-refractivity contribution in [3.8, 4) is 78.4 Å². The van der Waals surface area contributed by atoms with Gasteiger partial charge < -0.3 is 0 Å². The SMILES string of the molecule is CC1(C)c2ccccc2-c2ccc(-c3cccc(-c4ccc(-c5cc(-c6cccc(-c7ccc8ccccc8c7)c6)nc(-c6ccccc6)n5)c5ccccc45)c3)cc21. The van der Waals surface area contributed by atoms with Gasteiger partial charge in [-0.25, -0.2) is 9.97 Å². The van der Waals surface area contributed by atoms with Crippen molar-refractivity contribution >= 4 is 21.5 Å². The van der Waals surface area contributed by atoms with Gasteiger partial charge in [0, 0.05) is 22.1 Å². The van der Waals surface area contributed by atoms with E-state index in [-0.39, 0.29) is 5.41 Å². The van der Waals surface area contributed by atoms with E-state index in [1.165, 1.54) is 66.2 Å². The summed E-state index contributed by atoms with van der Waals surface area (Å²) >= 11 is 0. The number of hydrogen-bond acceptors (Lipinski definition) is 2. The number of benzene rings is 9. The summed E-state index contributed by atoms with van der Waals surface area (Å²) in [6, 6.07) is 74.4. The molecule has 278 valence electrons. The van der Waals surface area contributed by atoms with E-state index in [2.05, 4.69) is 202 Å². The quantitative estimate of drug-likeness (QED) is 0.169. The van der Waals surface area contributed by atoms with E-state index in [1.54, 1.807) is 0 Å². The van der Waals surface area contributed by atoms with Crippen molar-refractivity contribution < 1.29 is 0 Å². The van der Waals surface area contributed by atoms with Crippen LogP contribution < -0.4 is 0 Å². The Hall–Kier alpha value is -7.42. The average molecular weight is 753 g/mol. The molecule has 11 rings (SSSR count). The highest BCUT2D eigenvalue weighted by Crippen LogP contribution is 2.49. The standard InChI is InChI=1S/C57H40N2/c1-57(2)52-25-11-10-24-49(52)50-29-28-43(35-53(50)57)40-18-12-20-44(33-40)46-30-31-51(48-23-9-8-22-47(46)48)55-36-54(58-56(59-55)38-15-4-3-5-16-38)45-21-13-19-41(34-45)42-27-26-37-14-6-7-17-39(37)32-42/h3-36H,1-2H3. The van der Waals surface area contributed by atoms with Gasteiger partial charge in [0.1, 0.15) is 0 Å². The molecule has 0 radical (unpaired) electrons. The van der Waals surface area contributed by atoms with Crippen LogP contribution in [-0.2, 0) is 5.41 Å². The number of aromatic nitrogens is 2. The Labute approximate surface area is 345 Å². The van der Waals surface area contributed by atoms with E-state index in [9.17, 15) is 0 Å². The molecule has 10 aromatic rings. The lowest BCUT2D eigenvalue weighted by Gasteiger charge is -2.22. The Kier molecular flexibility index (Phi) is 8.20. The second-order valence-corrected chi connectivity index (χ2v) is 16.2. The van der Waals surface area contributed by atoms with Gasteiger partial charge in [0.05, 0.1) is 11.4 Å². The first-order valence-electron chi connectivity index (χ1n) is 20.4. The van der Waals surface area contributed by atoms with Crippen LogP contribution in [0.5, 0.6) is 0 Å². The van der Waals surface area contributed by atoms with Gasteiger partial charge in [-0.3, -0.25) is 0 Å². The fraction of sp³-hybridized carbons (Fsp3) is 0.0526. The molecule has 59 heavy (non-hydrogen) atoms. The van der Waals surface area contributed by atoms with Crippen molar-refractivity contribution in [3.05, 3.63) is 217 Å². The predicted molar refractivity (Wildman–Crippen MR) is 247 cm³/mol. The summed E-state index contributed by atoms with van der Waals surface area (Å²) in [5.41, 5.74) is 17.5. The minimum Gasteiger partial charge on any atom is -0.228 e. The van der Waals surface area contributed by atoms with Crippen molar-refractivity contribution in [1.29, 1.82) is 0 Å². The molecule has 0 unspecified atom stereocenters. The van der Waals surface area contributed by atoms with Crippen LogP contribution in [-0.4, -0.2) is 9.97 Å². The summed E-state index contributed by atoms with van der Waals surface area (Å²) in [7, 11) is 0. The maximum atomic E-state index is 5.26. The Morgan fingerprint density at radius 2 is 0.847 bits per heavy atom. The summed E-state index contributed by atoms with van der Waals surface area (Å²) < 4.78 is 0. The molecule has 0 saturated heterocycles. The molecule has 2 heteroatoms. The van der Waals surface area contributed by atoms with Gasteiger partial charge >= 0.3 is 0 Å². The molecule has 1 aliphatic rings. The summed E-state index contributed by atoms with van der Waals surface area (Å²) in [5.74, 6) is 0.704. The first kappa shape index (κ1) is 34.8. The van der Waals surface area contributed by atoms with Crippen molar-refractivity contribution in [1.82, 2.24) is 9.97 Å². The first-order chi connectivity index (χ1) is 29.0. The summed E-state index contributed by atoms with van der Waals surface area (Å²) in [4.78, 5) is 10.5. The normalized spacial score (nSPS) is 12.7. The molecule has 0 N–H and O–H groups in total. The number of fused-ring (bicyclic) bond motifs is 5. The van der Waals surface area contributed by atoms with E-state index in [0.29, 0.717) is 5.82 Å². The molecule has 2 nitrogen and oxygen atoms in total. The van der Waals surface area contributed by atoms with Gasteiger partial charge in [0.15, 0.2) is 5.82 Å². The lowest BCUT2D eigenvalue weighted by Crippen LogP contribution is -2.14. The highest BCUT2D eigenvalue weighted by molar-refractivity contribution is 6.05. The van der Waals surface area contributed by atoms with Gasteiger partial charge in [0.2, 0.25) is 0 Å². The molecule has 0 aliphatic heterocycles. The Morgan fingerprint density at radius 3 is 1.68 bits per heavy atom. The van der Waals surface area contributed by atoms with E-state index in [0.717, 1.165) is 39.0 Å². The zero-order valence-electron chi connectivity index (χ0n) is 33.0. The Balaban J connectivity index is 1.01. The molecule has 0 saturated carbocycles. The Morgan fingerprint density at radius 1 is 0.305 bits per heavy atom. The molecule has 0 fully saturated rings. The lowest BCUT2D eigenvalue weighted by atomic mass is 9.81. The van der Waals surface area contributed by atoms with E-state index in [4.69, 9.17) is 9.97 Å². The number of rotatable bonds is 6. The summed E-state index contributed by atoms with van der Waals surface area (Å²) in [6.45, 7) is 4.69. The minimum absolute atomic E-state index is 0.0488. The summed E-state index contributed by atoms with van der Waals surface area (Å²) in [6.07, 6.45) is 0. The van der Waals surface area contributed by atoms with Gasteiger partial charge in [0.25, 0.3) is 0 Å². The lowest BCUT2D eigenvalue weighted by molar-refractivity contribution is 0.660. The number of hydrogen-bond donors (Lipinski definition) is 0. The highest BCUT2D eigenvalue weighted by atomic mass is 14.9. The summed E-state index contributed by atoms with van der Waals surface area (Å²) in [5, 5.41) is 4.81. The maximum Gasteiger partial charge on any atom is 0.160 e. The zero-order chi connectivity index (χ0) is 39.5. The van der Waals surface area contributed by atoms with Crippen molar-refractivity contribution in [3.63, 3.8) is 0 Å². The van der Waals surface area contributed by atoms with Crippen LogP contribution in [0, 0.1) is 0 Å². The third-order valence-corrected chi connectivity index (χ3v) is 12.3. The monoisotopic (exact) mass is 752 g/mol. The van der Waals surface area contributed by atoms with Crippen molar-refractivity contribution in [2.45, 2.75) is 19.3 Å². The second-order valence-electron chi connectivity index (χ2n) is 16.2. The molecular weight excluding hydrogens is 713 g/mol. The fourth-order valence-electron chi connectivity index (χ4n) is 9.20. The van der Waals surface area contributed by atoms with E-state index >= 15 is 0 Å². The van der Waals surface area contributed by atoms with Gasteiger partial charge in [-0.1, -0.05) is 190 Å². The van der Waals surface area contributed by atoms with Gasteiger partial charge in [-0.05, 0) is 108 Å². The zero-order valence-corrected chi connectivity index (χ0v) is 33.0. The van der Waals surface area contributed by atoms with Crippen LogP contribution in [0.15, 0.2) is 206 Å². The molecular formula is C57H40N2. The molecule has 1 heterocycles. The highest BCUT2D eigenvalue weighted by Gasteiger charge is 2.35. The molecule has 1 aliphatic carbocycles. The molecule has 0 spiro atoms. The molecule has 9 aromatic carbocycles. The van der Waals surface area contributed by atoms with Crippen LogP contribution in [0.3, 0.4) is 0 Å². The van der Waals surface area contributed by atoms with E-state index in [1.807, 2.05) is 18.2 Å². The maximum absolute atomic E-state index is 5.26. The van der Waals surface area contributed by atoms with E-state index < -0.39 is 0 Å². The number of nitrogens with zero attached hydrogens (tertiary/aromatic N) is 2. The van der Waals surface area contributed by atoms with Crippen molar-refractivity contribution in [2.24, 2.45) is 0 Å². The van der Waals surface area contributed by atoms with Crippen LogP contribution >= 0.6 is 0 Å². The van der Waals surface area contributed by atoms with Gasteiger partial charge in [-0.2, -0.15) is 0 Å². The second kappa shape index (κ2) is 13.9. The van der Waals surface area contributed by atoms with Crippen LogP contribution in [0.2, 0.25) is 0 Å². The first-order valence-corrected chi connectivity index (χ1v) is 20.4. The smallest absolute Gasteiger partial charge is 0.160 e. The van der Waals surface area contributed by atoms with Gasteiger partial charge in [-0.15, -0.1) is 0 Å². The Bertz CT molecular complexity index is 3250. The predicted octanol–water partition coefficient (Wildman–Crippen LogP) is 15.1. The van der Waals surface area contributed by atoms with Crippen LogP contribution in [0.4, 0.5) is 0 Å². The largest absolute Gasteiger partial charge is 0.228 e. The fourth-order valence-corrected chi connectivity index (χ4v) is 9.20.